The summed E-state index contributed by atoms with van der Waals surface area (Å²) in [6.45, 7) is 7.64. The maximum Gasteiger partial charge on any atom is 0.225 e. The van der Waals surface area contributed by atoms with Crippen molar-refractivity contribution in [3.63, 3.8) is 0 Å². The van der Waals surface area contributed by atoms with Gasteiger partial charge in [-0.1, -0.05) is 44.5 Å². The Bertz CT molecular complexity index is 958. The second-order valence-corrected chi connectivity index (χ2v) is 8.52. The van der Waals surface area contributed by atoms with Gasteiger partial charge in [-0.2, -0.15) is 0 Å². The van der Waals surface area contributed by atoms with Crippen molar-refractivity contribution in [2.75, 3.05) is 13.2 Å². The summed E-state index contributed by atoms with van der Waals surface area (Å²) in [6, 6.07) is 15.5. The molecule has 1 aromatic heterocycles. The third kappa shape index (κ3) is 5.73. The number of para-hydroxylation sites is 2. The van der Waals surface area contributed by atoms with Crippen LogP contribution in [-0.4, -0.2) is 28.6 Å². The van der Waals surface area contributed by atoms with Gasteiger partial charge in [-0.05, 0) is 42.8 Å². The highest BCUT2D eigenvalue weighted by atomic mass is 35.5. The summed E-state index contributed by atoms with van der Waals surface area (Å²) in [5.41, 5.74) is 1.71. The molecule has 0 aliphatic rings. The van der Waals surface area contributed by atoms with Crippen molar-refractivity contribution >= 4 is 28.5 Å². The second-order valence-electron chi connectivity index (χ2n) is 8.08. The molecule has 1 N–H and O–H groups in total. The van der Waals surface area contributed by atoms with Crippen molar-refractivity contribution in [3.05, 3.63) is 59.4 Å². The molecular formula is C23H28ClN3O2. The van der Waals surface area contributed by atoms with Crippen LogP contribution in [0.3, 0.4) is 0 Å². The molecule has 1 heterocycles. The molecule has 0 spiro atoms. The topological polar surface area (TPSA) is 56.2 Å². The first-order chi connectivity index (χ1) is 13.8. The van der Waals surface area contributed by atoms with Crippen molar-refractivity contribution in [1.29, 1.82) is 0 Å². The zero-order valence-corrected chi connectivity index (χ0v) is 18.0. The maximum atomic E-state index is 12.0. The third-order valence-corrected chi connectivity index (χ3v) is 4.93. The normalized spacial score (nSPS) is 11.6. The van der Waals surface area contributed by atoms with Gasteiger partial charge in [0.15, 0.2) is 0 Å². The first kappa shape index (κ1) is 21.2. The molecule has 3 rings (SSSR count). The number of hydrogen-bond donors (Lipinski definition) is 1. The van der Waals surface area contributed by atoms with Gasteiger partial charge < -0.3 is 14.6 Å². The standard InChI is InChI=1S/C23H28ClN3O2/c1-23(2,3)22(28)25-14-6-9-21-26-19-7-4-5-8-20(19)27(21)15-16-29-18-12-10-17(24)11-13-18/h4-5,7-8,10-13H,6,9,14-16H2,1-3H3,(H,25,28). The average Bonchev–Trinajstić information content (AvgIpc) is 3.03. The Hall–Kier alpha value is -2.53. The quantitative estimate of drug-likeness (QED) is 0.536. The van der Waals surface area contributed by atoms with Crippen LogP contribution in [0.25, 0.3) is 11.0 Å². The summed E-state index contributed by atoms with van der Waals surface area (Å²) >= 11 is 5.92. The smallest absolute Gasteiger partial charge is 0.225 e. The number of amides is 1. The van der Waals surface area contributed by atoms with Gasteiger partial charge in [0.05, 0.1) is 17.6 Å². The van der Waals surface area contributed by atoms with E-state index in [4.69, 9.17) is 21.3 Å². The molecular weight excluding hydrogens is 386 g/mol. The van der Waals surface area contributed by atoms with E-state index >= 15 is 0 Å². The van der Waals surface area contributed by atoms with Crippen LogP contribution < -0.4 is 10.1 Å². The minimum absolute atomic E-state index is 0.0716. The highest BCUT2D eigenvalue weighted by Crippen LogP contribution is 2.19. The average molecular weight is 414 g/mol. The fourth-order valence-electron chi connectivity index (χ4n) is 3.06. The van der Waals surface area contributed by atoms with Crippen LogP contribution in [0.2, 0.25) is 5.02 Å². The van der Waals surface area contributed by atoms with Crippen molar-refractivity contribution < 1.29 is 9.53 Å². The first-order valence-electron chi connectivity index (χ1n) is 9.95. The van der Waals surface area contributed by atoms with E-state index in [2.05, 4.69) is 16.0 Å². The minimum Gasteiger partial charge on any atom is -0.492 e. The summed E-state index contributed by atoms with van der Waals surface area (Å²) in [5.74, 6) is 1.88. The van der Waals surface area contributed by atoms with Crippen LogP contribution in [0.4, 0.5) is 0 Å². The molecule has 1 amide bonds. The Kier molecular flexibility index (Phi) is 6.80. The number of aryl methyl sites for hydroxylation is 1. The number of imidazole rings is 1. The summed E-state index contributed by atoms with van der Waals surface area (Å²) in [4.78, 5) is 16.8. The Labute approximate surface area is 177 Å². The number of carbonyl (C=O) groups is 1. The number of hydrogen-bond acceptors (Lipinski definition) is 3. The molecule has 0 atom stereocenters. The van der Waals surface area contributed by atoms with E-state index in [9.17, 15) is 4.79 Å². The molecule has 29 heavy (non-hydrogen) atoms. The van der Waals surface area contributed by atoms with E-state index in [0.29, 0.717) is 24.7 Å². The molecule has 5 nitrogen and oxygen atoms in total. The molecule has 6 heteroatoms. The number of nitrogens with zero attached hydrogens (tertiary/aromatic N) is 2. The Balaban J connectivity index is 1.62. The lowest BCUT2D eigenvalue weighted by Gasteiger charge is -2.17. The molecule has 0 saturated heterocycles. The first-order valence-corrected chi connectivity index (χ1v) is 10.3. The highest BCUT2D eigenvalue weighted by molar-refractivity contribution is 6.30. The zero-order chi connectivity index (χ0) is 20.9. The van der Waals surface area contributed by atoms with E-state index in [1.165, 1.54) is 0 Å². The number of carbonyl (C=O) groups excluding carboxylic acids is 1. The number of aromatic nitrogens is 2. The molecule has 0 unspecified atom stereocenters. The van der Waals surface area contributed by atoms with E-state index in [0.717, 1.165) is 35.4 Å². The van der Waals surface area contributed by atoms with Gasteiger partial charge in [-0.15, -0.1) is 0 Å². The largest absolute Gasteiger partial charge is 0.492 e. The van der Waals surface area contributed by atoms with Crippen LogP contribution >= 0.6 is 11.6 Å². The van der Waals surface area contributed by atoms with Gasteiger partial charge in [-0.3, -0.25) is 4.79 Å². The number of ether oxygens (including phenoxy) is 1. The van der Waals surface area contributed by atoms with Crippen LogP contribution in [0.5, 0.6) is 5.75 Å². The fourth-order valence-corrected chi connectivity index (χ4v) is 3.19. The maximum absolute atomic E-state index is 12.0. The van der Waals surface area contributed by atoms with E-state index in [1.807, 2.05) is 63.2 Å². The van der Waals surface area contributed by atoms with Crippen LogP contribution in [0, 0.1) is 5.41 Å². The molecule has 0 aliphatic heterocycles. The number of nitrogens with one attached hydrogen (secondary N) is 1. The van der Waals surface area contributed by atoms with Crippen molar-refractivity contribution in [2.24, 2.45) is 5.41 Å². The van der Waals surface area contributed by atoms with Gasteiger partial charge in [0.1, 0.15) is 18.2 Å². The van der Waals surface area contributed by atoms with E-state index in [1.54, 1.807) is 0 Å². The van der Waals surface area contributed by atoms with E-state index < -0.39 is 0 Å². The van der Waals surface area contributed by atoms with Crippen molar-refractivity contribution in [1.82, 2.24) is 14.9 Å². The number of halogens is 1. The molecule has 3 aromatic rings. The van der Waals surface area contributed by atoms with Crippen LogP contribution in [0.15, 0.2) is 48.5 Å². The van der Waals surface area contributed by atoms with Gasteiger partial charge in [0.25, 0.3) is 0 Å². The molecule has 0 radical (unpaired) electrons. The molecule has 0 saturated carbocycles. The zero-order valence-electron chi connectivity index (χ0n) is 17.2. The van der Waals surface area contributed by atoms with Gasteiger partial charge >= 0.3 is 0 Å². The summed E-state index contributed by atoms with van der Waals surface area (Å²) in [6.07, 6.45) is 1.63. The predicted molar refractivity (Wildman–Crippen MR) is 117 cm³/mol. The van der Waals surface area contributed by atoms with Gasteiger partial charge in [-0.25, -0.2) is 4.98 Å². The SMILES string of the molecule is CC(C)(C)C(=O)NCCCc1nc2ccccc2n1CCOc1ccc(Cl)cc1. The molecule has 0 aliphatic carbocycles. The summed E-state index contributed by atoms with van der Waals surface area (Å²) in [7, 11) is 0. The fraction of sp³-hybridized carbons (Fsp3) is 0.391. The van der Waals surface area contributed by atoms with Gasteiger partial charge in [0, 0.05) is 23.4 Å². The Morgan fingerprint density at radius 3 is 2.59 bits per heavy atom. The molecule has 2 aromatic carbocycles. The lowest BCUT2D eigenvalue weighted by Crippen LogP contribution is -2.35. The number of rotatable bonds is 8. The lowest BCUT2D eigenvalue weighted by molar-refractivity contribution is -0.128. The van der Waals surface area contributed by atoms with Crippen molar-refractivity contribution in [2.45, 2.75) is 40.2 Å². The van der Waals surface area contributed by atoms with E-state index in [-0.39, 0.29) is 11.3 Å². The predicted octanol–water partition coefficient (Wildman–Crippen LogP) is 4.86. The highest BCUT2D eigenvalue weighted by Gasteiger charge is 2.20. The second kappa shape index (κ2) is 9.31. The summed E-state index contributed by atoms with van der Waals surface area (Å²) < 4.78 is 8.07. The van der Waals surface area contributed by atoms with Gasteiger partial charge in [0.2, 0.25) is 5.91 Å². The van der Waals surface area contributed by atoms with Crippen LogP contribution in [0.1, 0.15) is 33.0 Å². The third-order valence-electron chi connectivity index (χ3n) is 4.67. The lowest BCUT2D eigenvalue weighted by atomic mass is 9.96. The minimum atomic E-state index is -0.369. The molecule has 0 bridgehead atoms. The Morgan fingerprint density at radius 1 is 1.14 bits per heavy atom. The summed E-state index contributed by atoms with van der Waals surface area (Å²) in [5, 5.41) is 3.70. The Morgan fingerprint density at radius 2 is 1.86 bits per heavy atom. The number of benzene rings is 2. The molecule has 0 fully saturated rings. The number of fused-ring (bicyclic) bond motifs is 1. The monoisotopic (exact) mass is 413 g/mol. The van der Waals surface area contributed by atoms with Crippen molar-refractivity contribution in [3.8, 4) is 5.75 Å². The molecule has 154 valence electrons. The van der Waals surface area contributed by atoms with Crippen LogP contribution in [-0.2, 0) is 17.8 Å².